The van der Waals surface area contributed by atoms with Gasteiger partial charge in [-0.1, -0.05) is 54.2 Å². The quantitative estimate of drug-likeness (QED) is 0.144. The first kappa shape index (κ1) is 31.6. The van der Waals surface area contributed by atoms with Gasteiger partial charge in [0.05, 0.1) is 5.70 Å². The van der Waals surface area contributed by atoms with Crippen LogP contribution in [0.5, 0.6) is 0 Å². The minimum atomic E-state index is -1.41. The summed E-state index contributed by atoms with van der Waals surface area (Å²) < 4.78 is 4.84. The highest BCUT2D eigenvalue weighted by atomic mass is 32.1. The van der Waals surface area contributed by atoms with Gasteiger partial charge in [-0.25, -0.2) is 19.8 Å². The Morgan fingerprint density at radius 2 is 1.93 bits per heavy atom. The Kier molecular flexibility index (Phi) is 9.87. The molecular formula is C28H28N6O9S. The molecule has 0 bridgehead atoms. The van der Waals surface area contributed by atoms with Crippen LogP contribution in [0.1, 0.15) is 17.2 Å². The summed E-state index contributed by atoms with van der Waals surface area (Å²) in [5.74, 6) is -6.72. The van der Waals surface area contributed by atoms with Gasteiger partial charge in [-0.05, 0) is 11.1 Å². The summed E-state index contributed by atoms with van der Waals surface area (Å²) in [6, 6.07) is 7.10. The first-order valence-corrected chi connectivity index (χ1v) is 13.9. The number of carboxylic acid groups (broad SMARTS) is 2. The van der Waals surface area contributed by atoms with E-state index >= 15 is 0 Å². The number of hydrogen-bond donors (Lipinski definition) is 4. The summed E-state index contributed by atoms with van der Waals surface area (Å²) in [6.07, 6.45) is 1.72. The Bertz CT molecular complexity index is 1550. The number of anilines is 1. The highest BCUT2D eigenvalue weighted by molar-refractivity contribution is 7.14. The van der Waals surface area contributed by atoms with Gasteiger partial charge in [-0.15, -0.1) is 17.9 Å². The summed E-state index contributed by atoms with van der Waals surface area (Å²) >= 11 is 0.984. The standard InChI is InChI=1S/C28H28N6O9S/c1-4-11-43-28(41)31-27-30-19(14-44-27)21(32-42-3)23(35)29-18-13-33-12-17(20(26(39)40)15-9-7-6-8-10-15)22(34(33)24(18)36)16(5-2)25(37)38/h4-10,14,16,18,20H,1-2,11-13H2,3H3,(H,29,35)(H,37,38)(H,39,40)(H,30,31,41)/b32-21-/t16?,18-,20?/m0/s1. The van der Waals surface area contributed by atoms with Crippen LogP contribution in [-0.4, -0.2) is 93.6 Å². The summed E-state index contributed by atoms with van der Waals surface area (Å²) in [4.78, 5) is 72.4. The summed E-state index contributed by atoms with van der Waals surface area (Å²) in [6.45, 7) is 6.84. The number of thiazole rings is 1. The van der Waals surface area contributed by atoms with Gasteiger partial charge in [0, 0.05) is 18.5 Å². The predicted octanol–water partition coefficient (Wildman–Crippen LogP) is 1.80. The zero-order valence-electron chi connectivity index (χ0n) is 23.3. The van der Waals surface area contributed by atoms with Gasteiger partial charge in [-0.2, -0.15) is 0 Å². The molecule has 1 saturated heterocycles. The number of carboxylic acids is 2. The molecule has 4 N–H and O–H groups in total. The average Bonchev–Trinajstić information content (AvgIpc) is 3.67. The van der Waals surface area contributed by atoms with E-state index in [1.165, 1.54) is 23.6 Å². The Morgan fingerprint density at radius 3 is 2.55 bits per heavy atom. The third kappa shape index (κ3) is 6.50. The van der Waals surface area contributed by atoms with Crippen molar-refractivity contribution in [2.75, 3.05) is 32.1 Å². The molecule has 0 aliphatic carbocycles. The Balaban J connectivity index is 1.60. The monoisotopic (exact) mass is 624 g/mol. The van der Waals surface area contributed by atoms with E-state index in [0.717, 1.165) is 22.4 Å². The van der Waals surface area contributed by atoms with Crippen molar-refractivity contribution < 1.29 is 43.8 Å². The molecule has 1 aromatic heterocycles. The van der Waals surface area contributed by atoms with Gasteiger partial charge in [0.15, 0.2) is 10.8 Å². The molecule has 3 amide bonds. The molecule has 3 heterocycles. The van der Waals surface area contributed by atoms with Crippen molar-refractivity contribution in [3.63, 3.8) is 0 Å². The van der Waals surface area contributed by atoms with Gasteiger partial charge in [0.25, 0.3) is 11.8 Å². The maximum absolute atomic E-state index is 13.7. The second-order valence-electron chi connectivity index (χ2n) is 9.34. The lowest BCUT2D eigenvalue weighted by Gasteiger charge is -2.25. The highest BCUT2D eigenvalue weighted by Crippen LogP contribution is 2.41. The van der Waals surface area contributed by atoms with Crippen LogP contribution in [0, 0.1) is 5.92 Å². The number of aliphatic carboxylic acids is 2. The van der Waals surface area contributed by atoms with Crippen molar-refractivity contribution in [2.24, 2.45) is 11.1 Å². The molecule has 3 atom stereocenters. The smallest absolute Gasteiger partial charge is 0.413 e. The van der Waals surface area contributed by atoms with Crippen molar-refractivity contribution in [1.82, 2.24) is 20.3 Å². The number of rotatable bonds is 13. The zero-order valence-corrected chi connectivity index (χ0v) is 24.2. The summed E-state index contributed by atoms with van der Waals surface area (Å²) in [7, 11) is 1.21. The molecular weight excluding hydrogens is 596 g/mol. The lowest BCUT2D eigenvalue weighted by Crippen LogP contribution is -2.46. The maximum atomic E-state index is 13.7. The molecule has 4 rings (SSSR count). The van der Waals surface area contributed by atoms with Gasteiger partial charge in [0.1, 0.15) is 37.3 Å². The van der Waals surface area contributed by atoms with Crippen molar-refractivity contribution in [3.8, 4) is 0 Å². The van der Waals surface area contributed by atoms with Crippen LogP contribution in [0.4, 0.5) is 9.93 Å². The molecule has 0 spiro atoms. The minimum Gasteiger partial charge on any atom is -0.481 e. The number of nitrogens with zero attached hydrogens (tertiary/aromatic N) is 4. The largest absolute Gasteiger partial charge is 0.481 e. The van der Waals surface area contributed by atoms with E-state index in [9.17, 15) is 34.2 Å². The van der Waals surface area contributed by atoms with E-state index < -0.39 is 47.7 Å². The fourth-order valence-corrected chi connectivity index (χ4v) is 5.52. The highest BCUT2D eigenvalue weighted by Gasteiger charge is 2.50. The normalized spacial score (nSPS) is 17.8. The number of hydrazine groups is 1. The molecule has 1 fully saturated rings. The number of hydrogen-bond acceptors (Lipinski definition) is 11. The Hall–Kier alpha value is -5.35. The zero-order chi connectivity index (χ0) is 32.0. The number of nitrogens with one attached hydrogen (secondary N) is 2. The molecule has 2 unspecified atom stereocenters. The first-order valence-electron chi connectivity index (χ1n) is 13.0. The number of carbonyl (C=O) groups excluding carboxylic acids is 3. The molecule has 2 aromatic rings. The predicted molar refractivity (Wildman–Crippen MR) is 156 cm³/mol. The Labute approximate surface area is 254 Å². The van der Waals surface area contributed by atoms with Crippen molar-refractivity contribution in [1.29, 1.82) is 0 Å². The van der Waals surface area contributed by atoms with Crippen LogP contribution in [-0.2, 0) is 28.8 Å². The molecule has 0 saturated carbocycles. The van der Waals surface area contributed by atoms with Crippen molar-refractivity contribution >= 4 is 52.0 Å². The number of fused-ring (bicyclic) bond motifs is 1. The van der Waals surface area contributed by atoms with Crippen molar-refractivity contribution in [2.45, 2.75) is 12.0 Å². The van der Waals surface area contributed by atoms with E-state index in [-0.39, 0.29) is 47.5 Å². The van der Waals surface area contributed by atoms with Gasteiger partial charge < -0.3 is 25.1 Å². The third-order valence-corrected chi connectivity index (χ3v) is 7.37. The molecule has 15 nitrogen and oxygen atoms in total. The van der Waals surface area contributed by atoms with Crippen LogP contribution in [0.15, 0.2) is 77.4 Å². The lowest BCUT2D eigenvalue weighted by molar-refractivity contribution is -0.142. The Morgan fingerprint density at radius 1 is 1.20 bits per heavy atom. The van der Waals surface area contributed by atoms with Gasteiger partial charge in [-0.3, -0.25) is 24.5 Å². The van der Waals surface area contributed by atoms with E-state index in [1.54, 1.807) is 30.3 Å². The van der Waals surface area contributed by atoms with E-state index in [2.05, 4.69) is 33.9 Å². The van der Waals surface area contributed by atoms with E-state index in [0.29, 0.717) is 5.56 Å². The number of carbonyl (C=O) groups is 5. The topological polar surface area (TPSA) is 200 Å². The SMILES string of the molecule is C=CCOC(=O)Nc1nc(/C(=N/OC)C(=O)N[C@H]2CN3CC(C(C(=O)O)c4ccccc4)=C(C(C=C)C(=O)O)N3C2=O)cs1. The lowest BCUT2D eigenvalue weighted by atomic mass is 9.86. The van der Waals surface area contributed by atoms with E-state index in [1.807, 2.05) is 0 Å². The number of benzene rings is 1. The van der Waals surface area contributed by atoms with Crippen LogP contribution in [0.3, 0.4) is 0 Å². The molecule has 2 aliphatic heterocycles. The molecule has 16 heteroatoms. The van der Waals surface area contributed by atoms with Crippen LogP contribution in [0.2, 0.25) is 0 Å². The van der Waals surface area contributed by atoms with Crippen LogP contribution >= 0.6 is 11.3 Å². The van der Waals surface area contributed by atoms with Gasteiger partial charge >= 0.3 is 18.0 Å². The first-order chi connectivity index (χ1) is 21.1. The fraction of sp³-hybridized carbons (Fsp3) is 0.250. The fourth-order valence-electron chi connectivity index (χ4n) is 4.84. The molecule has 1 aromatic carbocycles. The third-order valence-electron chi connectivity index (χ3n) is 6.61. The second kappa shape index (κ2) is 13.7. The second-order valence-corrected chi connectivity index (χ2v) is 10.2. The molecule has 0 radical (unpaired) electrons. The number of oxime groups is 1. The number of amides is 3. The number of aromatic nitrogens is 1. The number of ether oxygens (including phenoxy) is 1. The maximum Gasteiger partial charge on any atom is 0.413 e. The van der Waals surface area contributed by atoms with E-state index in [4.69, 9.17) is 9.57 Å². The summed E-state index contributed by atoms with van der Waals surface area (Å²) in [5.41, 5.74) is 0.311. The van der Waals surface area contributed by atoms with Gasteiger partial charge in [0.2, 0.25) is 0 Å². The average molecular weight is 625 g/mol. The summed E-state index contributed by atoms with van der Waals surface area (Å²) in [5, 5.41) is 32.9. The minimum absolute atomic E-state index is 0.0199. The molecule has 2 aliphatic rings. The molecule has 44 heavy (non-hydrogen) atoms. The van der Waals surface area contributed by atoms with Crippen LogP contribution in [0.25, 0.3) is 0 Å². The molecule has 230 valence electrons. The van der Waals surface area contributed by atoms with Crippen LogP contribution < -0.4 is 10.6 Å². The van der Waals surface area contributed by atoms with Crippen molar-refractivity contribution in [3.05, 3.63) is 83.5 Å².